The van der Waals surface area contributed by atoms with E-state index >= 15 is 0 Å². The molecule has 2 heterocycles. The molecule has 0 radical (unpaired) electrons. The van der Waals surface area contributed by atoms with E-state index in [9.17, 15) is 9.18 Å². The number of aromatic nitrogens is 2. The van der Waals surface area contributed by atoms with Gasteiger partial charge in [0.25, 0.3) is 5.56 Å². The van der Waals surface area contributed by atoms with E-state index in [-0.39, 0.29) is 11.4 Å². The van der Waals surface area contributed by atoms with Gasteiger partial charge in [0.2, 0.25) is 0 Å². The lowest BCUT2D eigenvalue weighted by Gasteiger charge is -2.01. The van der Waals surface area contributed by atoms with Gasteiger partial charge in [0.05, 0.1) is 17.2 Å². The summed E-state index contributed by atoms with van der Waals surface area (Å²) in [5, 5.41) is 0. The minimum absolute atomic E-state index is 0.151. The van der Waals surface area contributed by atoms with Crippen LogP contribution in [-0.2, 0) is 13.0 Å². The maximum Gasteiger partial charge on any atom is 0.269 e. The standard InChI is InChI=1S/C10H7FN2O.C2H6/c11-7-1-2-8-10-6(7)3-4-13(10)9(14)5-12-8;1-2/h1-2,5H,3-4H2;1-2H3. The second-order valence-electron chi connectivity index (χ2n) is 3.39. The Hall–Kier alpha value is -1.71. The number of nitrogens with zero attached hydrogens (tertiary/aromatic N) is 2. The second kappa shape index (κ2) is 4.04. The molecule has 0 atom stereocenters. The molecular formula is C12H13FN2O. The molecule has 0 N–H and O–H groups in total. The zero-order chi connectivity index (χ0) is 11.7. The minimum atomic E-state index is -0.240. The van der Waals surface area contributed by atoms with Gasteiger partial charge < -0.3 is 4.57 Å². The molecule has 3 rings (SSSR count). The molecule has 84 valence electrons. The highest BCUT2D eigenvalue weighted by molar-refractivity contribution is 5.79. The quantitative estimate of drug-likeness (QED) is 0.681. The Labute approximate surface area is 92.5 Å². The Morgan fingerprint density at radius 2 is 2.12 bits per heavy atom. The summed E-state index contributed by atoms with van der Waals surface area (Å²) in [6.07, 6.45) is 1.87. The highest BCUT2D eigenvalue weighted by Gasteiger charge is 2.18. The summed E-state index contributed by atoms with van der Waals surface area (Å²) in [6, 6.07) is 3.01. The van der Waals surface area contributed by atoms with Crippen LogP contribution in [0.15, 0.2) is 23.1 Å². The van der Waals surface area contributed by atoms with Crippen LogP contribution in [0.25, 0.3) is 11.0 Å². The molecular weight excluding hydrogens is 207 g/mol. The van der Waals surface area contributed by atoms with Gasteiger partial charge in [-0.2, -0.15) is 0 Å². The number of halogens is 1. The highest BCUT2D eigenvalue weighted by atomic mass is 19.1. The van der Waals surface area contributed by atoms with Crippen LogP contribution < -0.4 is 5.56 Å². The monoisotopic (exact) mass is 220 g/mol. The molecule has 0 spiro atoms. The predicted molar refractivity (Wildman–Crippen MR) is 61.0 cm³/mol. The Morgan fingerprint density at radius 1 is 1.38 bits per heavy atom. The molecule has 4 heteroatoms. The molecule has 0 unspecified atom stereocenters. The molecule has 0 fully saturated rings. The van der Waals surface area contributed by atoms with E-state index in [0.29, 0.717) is 29.6 Å². The molecule has 1 aliphatic rings. The van der Waals surface area contributed by atoms with Crippen molar-refractivity contribution in [3.05, 3.63) is 40.1 Å². The normalized spacial score (nSPS) is 12.4. The molecule has 0 amide bonds. The maximum atomic E-state index is 13.3. The van der Waals surface area contributed by atoms with E-state index in [2.05, 4.69) is 4.98 Å². The molecule has 0 bridgehead atoms. The third-order valence-corrected chi connectivity index (χ3v) is 2.64. The molecule has 2 aromatic rings. The van der Waals surface area contributed by atoms with Crippen LogP contribution in [0.3, 0.4) is 0 Å². The summed E-state index contributed by atoms with van der Waals surface area (Å²) >= 11 is 0. The van der Waals surface area contributed by atoms with Gasteiger partial charge in [-0.05, 0) is 18.6 Å². The fourth-order valence-electron chi connectivity index (χ4n) is 1.99. The van der Waals surface area contributed by atoms with Crippen molar-refractivity contribution in [1.82, 2.24) is 9.55 Å². The van der Waals surface area contributed by atoms with Crippen LogP contribution in [0.1, 0.15) is 19.4 Å². The number of hydrogen-bond acceptors (Lipinski definition) is 2. The lowest BCUT2D eigenvalue weighted by Crippen LogP contribution is -2.17. The third kappa shape index (κ3) is 1.41. The van der Waals surface area contributed by atoms with Crippen molar-refractivity contribution < 1.29 is 4.39 Å². The largest absolute Gasteiger partial charge is 0.305 e. The first kappa shape index (κ1) is 10.8. The summed E-state index contributed by atoms with van der Waals surface area (Å²) in [5.41, 5.74) is 1.82. The lowest BCUT2D eigenvalue weighted by molar-refractivity contribution is 0.612. The van der Waals surface area contributed by atoms with Crippen molar-refractivity contribution in [1.29, 1.82) is 0 Å². The van der Waals surface area contributed by atoms with Gasteiger partial charge in [-0.25, -0.2) is 9.37 Å². The Bertz CT molecular complexity index is 589. The predicted octanol–water partition coefficient (Wildman–Crippen LogP) is 2.12. The van der Waals surface area contributed by atoms with Crippen molar-refractivity contribution in [2.45, 2.75) is 26.8 Å². The van der Waals surface area contributed by atoms with Gasteiger partial charge in [-0.1, -0.05) is 13.8 Å². The highest BCUT2D eigenvalue weighted by Crippen LogP contribution is 2.24. The van der Waals surface area contributed by atoms with E-state index in [1.807, 2.05) is 13.8 Å². The van der Waals surface area contributed by atoms with E-state index in [1.165, 1.54) is 12.3 Å². The molecule has 1 aromatic carbocycles. The van der Waals surface area contributed by atoms with E-state index in [4.69, 9.17) is 0 Å². The van der Waals surface area contributed by atoms with Crippen molar-refractivity contribution in [2.75, 3.05) is 0 Å². The van der Waals surface area contributed by atoms with Crippen LogP contribution in [0.2, 0.25) is 0 Å². The molecule has 0 saturated heterocycles. The van der Waals surface area contributed by atoms with Gasteiger partial charge in [-0.3, -0.25) is 4.79 Å². The molecule has 1 aliphatic heterocycles. The summed E-state index contributed by atoms with van der Waals surface area (Å²) in [4.78, 5) is 15.4. The summed E-state index contributed by atoms with van der Waals surface area (Å²) < 4.78 is 14.9. The van der Waals surface area contributed by atoms with Gasteiger partial charge in [0.1, 0.15) is 5.82 Å². The fourth-order valence-corrected chi connectivity index (χ4v) is 1.99. The fraction of sp³-hybridized carbons (Fsp3) is 0.333. The van der Waals surface area contributed by atoms with Crippen LogP contribution in [0.4, 0.5) is 4.39 Å². The summed E-state index contributed by atoms with van der Waals surface area (Å²) in [6.45, 7) is 4.56. The van der Waals surface area contributed by atoms with Crippen molar-refractivity contribution >= 4 is 11.0 Å². The first-order valence-electron chi connectivity index (χ1n) is 5.44. The first-order valence-corrected chi connectivity index (χ1v) is 5.44. The zero-order valence-electron chi connectivity index (χ0n) is 9.33. The van der Waals surface area contributed by atoms with Gasteiger partial charge in [0, 0.05) is 12.1 Å². The van der Waals surface area contributed by atoms with E-state index in [0.717, 1.165) is 0 Å². The number of benzene rings is 1. The smallest absolute Gasteiger partial charge is 0.269 e. The van der Waals surface area contributed by atoms with Crippen LogP contribution in [0.5, 0.6) is 0 Å². The lowest BCUT2D eigenvalue weighted by atomic mass is 10.1. The zero-order valence-corrected chi connectivity index (χ0v) is 9.33. The molecule has 3 nitrogen and oxygen atoms in total. The topological polar surface area (TPSA) is 34.9 Å². The van der Waals surface area contributed by atoms with E-state index in [1.54, 1.807) is 10.6 Å². The SMILES string of the molecule is CC.O=c1cnc2ccc(F)c3c2n1CC3. The van der Waals surface area contributed by atoms with Gasteiger partial charge in [-0.15, -0.1) is 0 Å². The van der Waals surface area contributed by atoms with Crippen molar-refractivity contribution in [3.8, 4) is 0 Å². The van der Waals surface area contributed by atoms with Crippen LogP contribution in [0, 0.1) is 5.82 Å². The number of aryl methyl sites for hydroxylation is 2. The Balaban J connectivity index is 0.000000457. The average molecular weight is 220 g/mol. The number of rotatable bonds is 0. The molecule has 0 saturated carbocycles. The second-order valence-corrected chi connectivity index (χ2v) is 3.39. The minimum Gasteiger partial charge on any atom is -0.305 e. The molecule has 0 aliphatic carbocycles. The van der Waals surface area contributed by atoms with Crippen LogP contribution >= 0.6 is 0 Å². The summed E-state index contributed by atoms with van der Waals surface area (Å²) in [5.74, 6) is -0.240. The van der Waals surface area contributed by atoms with Gasteiger partial charge >= 0.3 is 0 Å². The van der Waals surface area contributed by atoms with E-state index < -0.39 is 0 Å². The van der Waals surface area contributed by atoms with Crippen molar-refractivity contribution in [2.24, 2.45) is 0 Å². The summed E-state index contributed by atoms with van der Waals surface area (Å²) in [7, 11) is 0. The maximum absolute atomic E-state index is 13.3. The molecule has 16 heavy (non-hydrogen) atoms. The van der Waals surface area contributed by atoms with Crippen molar-refractivity contribution in [3.63, 3.8) is 0 Å². The van der Waals surface area contributed by atoms with Gasteiger partial charge in [0.15, 0.2) is 0 Å². The Kier molecular flexibility index (Phi) is 2.73. The Morgan fingerprint density at radius 3 is 2.88 bits per heavy atom. The average Bonchev–Trinajstić information content (AvgIpc) is 2.76. The number of hydrogen-bond donors (Lipinski definition) is 0. The van der Waals surface area contributed by atoms with Crippen LogP contribution in [-0.4, -0.2) is 9.55 Å². The molecule has 1 aromatic heterocycles. The third-order valence-electron chi connectivity index (χ3n) is 2.64. The first-order chi connectivity index (χ1) is 7.77.